The van der Waals surface area contributed by atoms with Gasteiger partial charge < -0.3 is 14.3 Å². The summed E-state index contributed by atoms with van der Waals surface area (Å²) < 4.78 is 10.7. The van der Waals surface area contributed by atoms with E-state index in [2.05, 4.69) is 4.90 Å². The highest BCUT2D eigenvalue weighted by Gasteiger charge is 2.18. The molecule has 1 aromatic carbocycles. The molecular formula is C14H14ClNO4. The predicted molar refractivity (Wildman–Crippen MR) is 75.3 cm³/mol. The van der Waals surface area contributed by atoms with Crippen LogP contribution in [0, 0.1) is 0 Å². The van der Waals surface area contributed by atoms with Crippen molar-refractivity contribution in [2.24, 2.45) is 0 Å². The first-order valence-corrected chi connectivity index (χ1v) is 6.76. The van der Waals surface area contributed by atoms with Gasteiger partial charge in [-0.1, -0.05) is 11.6 Å². The number of phenolic OH excluding ortho intramolecular Hbond substituents is 1. The SMILES string of the molecule is O=c1c(Cl)coc2c(CN3CCOCC3)c(O)ccc12. The molecule has 0 atom stereocenters. The van der Waals surface area contributed by atoms with Gasteiger partial charge in [0.2, 0.25) is 5.43 Å². The molecule has 0 amide bonds. The van der Waals surface area contributed by atoms with Gasteiger partial charge in [0.05, 0.1) is 24.2 Å². The van der Waals surface area contributed by atoms with Crippen molar-refractivity contribution < 1.29 is 14.3 Å². The molecule has 106 valence electrons. The van der Waals surface area contributed by atoms with E-state index in [0.717, 1.165) is 13.1 Å². The third-order valence-corrected chi connectivity index (χ3v) is 3.72. The highest BCUT2D eigenvalue weighted by atomic mass is 35.5. The van der Waals surface area contributed by atoms with Gasteiger partial charge in [-0.2, -0.15) is 0 Å². The minimum absolute atomic E-state index is 0.0421. The predicted octanol–water partition coefficient (Wildman–Crippen LogP) is 1.98. The fourth-order valence-corrected chi connectivity index (χ4v) is 2.51. The first kappa shape index (κ1) is 13.4. The van der Waals surface area contributed by atoms with Crippen LogP contribution in [-0.4, -0.2) is 36.3 Å². The van der Waals surface area contributed by atoms with E-state index in [1.165, 1.54) is 18.4 Å². The van der Waals surface area contributed by atoms with Crippen molar-refractivity contribution in [3.05, 3.63) is 39.2 Å². The number of hydrogen-bond acceptors (Lipinski definition) is 5. The minimum Gasteiger partial charge on any atom is -0.507 e. The number of nitrogens with zero attached hydrogens (tertiary/aromatic N) is 1. The Morgan fingerprint density at radius 2 is 2.05 bits per heavy atom. The van der Waals surface area contributed by atoms with Crippen LogP contribution in [-0.2, 0) is 11.3 Å². The van der Waals surface area contributed by atoms with Crippen LogP contribution in [0.5, 0.6) is 5.75 Å². The zero-order valence-corrected chi connectivity index (χ0v) is 11.5. The van der Waals surface area contributed by atoms with Crippen LogP contribution in [0.25, 0.3) is 11.0 Å². The summed E-state index contributed by atoms with van der Waals surface area (Å²) in [6.07, 6.45) is 1.22. The largest absolute Gasteiger partial charge is 0.507 e. The number of fused-ring (bicyclic) bond motifs is 1. The Morgan fingerprint density at radius 3 is 2.80 bits per heavy atom. The molecule has 20 heavy (non-hydrogen) atoms. The van der Waals surface area contributed by atoms with Gasteiger partial charge in [-0.3, -0.25) is 9.69 Å². The van der Waals surface area contributed by atoms with Crippen LogP contribution < -0.4 is 5.43 Å². The second-order valence-corrected chi connectivity index (χ2v) is 5.15. The average molecular weight is 296 g/mol. The number of benzene rings is 1. The smallest absolute Gasteiger partial charge is 0.211 e. The molecule has 0 unspecified atom stereocenters. The maximum Gasteiger partial charge on any atom is 0.211 e. The van der Waals surface area contributed by atoms with Crippen molar-refractivity contribution in [1.29, 1.82) is 0 Å². The summed E-state index contributed by atoms with van der Waals surface area (Å²) in [6, 6.07) is 3.04. The van der Waals surface area contributed by atoms with Crippen molar-refractivity contribution in [2.75, 3.05) is 26.3 Å². The van der Waals surface area contributed by atoms with Gasteiger partial charge in [0.15, 0.2) is 0 Å². The quantitative estimate of drug-likeness (QED) is 0.918. The molecule has 2 aromatic rings. The van der Waals surface area contributed by atoms with Gasteiger partial charge in [0.25, 0.3) is 0 Å². The number of aromatic hydroxyl groups is 1. The van der Waals surface area contributed by atoms with E-state index < -0.39 is 0 Å². The Morgan fingerprint density at radius 1 is 1.30 bits per heavy atom. The van der Waals surface area contributed by atoms with Crippen LogP contribution in [0.4, 0.5) is 0 Å². The van der Waals surface area contributed by atoms with Crippen LogP contribution in [0.1, 0.15) is 5.56 Å². The van der Waals surface area contributed by atoms with Crippen LogP contribution in [0.15, 0.2) is 27.6 Å². The van der Waals surface area contributed by atoms with E-state index in [0.29, 0.717) is 36.3 Å². The molecule has 1 aliphatic heterocycles. The number of phenols is 1. The zero-order valence-electron chi connectivity index (χ0n) is 10.8. The van der Waals surface area contributed by atoms with Gasteiger partial charge in [-0.15, -0.1) is 0 Å². The van der Waals surface area contributed by atoms with E-state index in [1.54, 1.807) is 0 Å². The monoisotopic (exact) mass is 295 g/mol. The summed E-state index contributed by atoms with van der Waals surface area (Å²) in [6.45, 7) is 3.42. The molecule has 1 aliphatic rings. The van der Waals surface area contributed by atoms with E-state index in [4.69, 9.17) is 20.8 Å². The number of ether oxygens (including phenoxy) is 1. The topological polar surface area (TPSA) is 62.9 Å². The maximum absolute atomic E-state index is 12.0. The number of rotatable bonds is 2. The summed E-state index contributed by atoms with van der Waals surface area (Å²) >= 11 is 5.78. The third kappa shape index (κ3) is 2.40. The highest BCUT2D eigenvalue weighted by Crippen LogP contribution is 2.28. The van der Waals surface area contributed by atoms with E-state index in [9.17, 15) is 9.90 Å². The molecule has 5 nitrogen and oxygen atoms in total. The standard InChI is InChI=1S/C14H14ClNO4/c15-11-8-20-14-9(13(11)18)1-2-12(17)10(14)7-16-3-5-19-6-4-16/h1-2,8,17H,3-7H2. The van der Waals surface area contributed by atoms with Crippen molar-refractivity contribution >= 4 is 22.6 Å². The minimum atomic E-state index is -0.281. The van der Waals surface area contributed by atoms with Gasteiger partial charge in [0.1, 0.15) is 22.6 Å². The normalized spacial score (nSPS) is 16.6. The Hall–Kier alpha value is -1.56. The number of morpholine rings is 1. The molecule has 1 N–H and O–H groups in total. The lowest BCUT2D eigenvalue weighted by atomic mass is 10.1. The molecule has 0 saturated carbocycles. The molecule has 0 bridgehead atoms. The highest BCUT2D eigenvalue weighted by molar-refractivity contribution is 6.30. The Kier molecular flexibility index (Phi) is 3.65. The molecule has 6 heteroatoms. The lowest BCUT2D eigenvalue weighted by molar-refractivity contribution is 0.0339. The fraction of sp³-hybridized carbons (Fsp3) is 0.357. The van der Waals surface area contributed by atoms with Crippen molar-refractivity contribution in [3.8, 4) is 5.75 Å². The molecule has 0 aliphatic carbocycles. The molecule has 3 rings (SSSR count). The Bertz CT molecular complexity index is 691. The lowest BCUT2D eigenvalue weighted by Gasteiger charge is -2.26. The van der Waals surface area contributed by atoms with E-state index >= 15 is 0 Å². The Balaban J connectivity index is 2.06. The van der Waals surface area contributed by atoms with Crippen LogP contribution >= 0.6 is 11.6 Å². The number of hydrogen-bond donors (Lipinski definition) is 1. The molecule has 1 aromatic heterocycles. The van der Waals surface area contributed by atoms with Gasteiger partial charge >= 0.3 is 0 Å². The van der Waals surface area contributed by atoms with Gasteiger partial charge in [0, 0.05) is 19.6 Å². The first-order chi connectivity index (χ1) is 9.66. The van der Waals surface area contributed by atoms with Crippen molar-refractivity contribution in [3.63, 3.8) is 0 Å². The van der Waals surface area contributed by atoms with Crippen molar-refractivity contribution in [2.45, 2.75) is 6.54 Å². The van der Waals surface area contributed by atoms with E-state index in [-0.39, 0.29) is 16.2 Å². The summed E-state index contributed by atoms with van der Waals surface area (Å²) in [7, 11) is 0. The molecule has 1 saturated heterocycles. The van der Waals surface area contributed by atoms with Crippen molar-refractivity contribution in [1.82, 2.24) is 4.90 Å². The second-order valence-electron chi connectivity index (χ2n) is 4.74. The molecule has 1 fully saturated rings. The van der Waals surface area contributed by atoms with Crippen LogP contribution in [0.3, 0.4) is 0 Å². The van der Waals surface area contributed by atoms with Gasteiger partial charge in [-0.25, -0.2) is 0 Å². The fourth-order valence-electron chi connectivity index (χ4n) is 2.36. The van der Waals surface area contributed by atoms with E-state index in [1.807, 2.05) is 0 Å². The van der Waals surface area contributed by atoms with Gasteiger partial charge in [-0.05, 0) is 12.1 Å². The lowest BCUT2D eigenvalue weighted by Crippen LogP contribution is -2.35. The summed E-state index contributed by atoms with van der Waals surface area (Å²) in [4.78, 5) is 14.1. The summed E-state index contributed by atoms with van der Waals surface area (Å²) in [5, 5.41) is 10.5. The zero-order chi connectivity index (χ0) is 14.1. The molecular weight excluding hydrogens is 282 g/mol. The molecule has 2 heterocycles. The summed E-state index contributed by atoms with van der Waals surface area (Å²) in [5.41, 5.74) is 0.722. The Labute approximate surface area is 120 Å². The summed E-state index contributed by atoms with van der Waals surface area (Å²) in [5.74, 6) is 0.120. The second kappa shape index (κ2) is 5.44. The first-order valence-electron chi connectivity index (χ1n) is 6.39. The number of halogens is 1. The molecule has 0 radical (unpaired) electrons. The third-order valence-electron chi connectivity index (χ3n) is 3.46. The van der Waals surface area contributed by atoms with Crippen LogP contribution in [0.2, 0.25) is 5.02 Å². The average Bonchev–Trinajstić information content (AvgIpc) is 2.47. The maximum atomic E-state index is 12.0. The molecule has 0 spiro atoms.